The number of guanidine groups is 1. The fourth-order valence-corrected chi connectivity index (χ4v) is 3.75. The monoisotopic (exact) mass is 494 g/mol. The van der Waals surface area contributed by atoms with Crippen molar-refractivity contribution in [1.82, 2.24) is 15.4 Å². The molecule has 0 unspecified atom stereocenters. The normalized spacial score (nSPS) is 14.6. The molecule has 1 aromatic carbocycles. The predicted molar refractivity (Wildman–Crippen MR) is 118 cm³/mol. The standard InChI is InChI=1S/C18H30N4O2S.HI/c1-3-4-5-6-13-20-18(19-2)21-14-15-7-11-17(12-8-15)25(23,24)22-16-9-10-16;/h7-8,11-12,16,22H,3-6,9-10,13-14H2,1-2H3,(H2,19,20,21);1H. The molecule has 1 aliphatic rings. The lowest BCUT2D eigenvalue weighted by Crippen LogP contribution is -2.37. The van der Waals surface area contributed by atoms with E-state index in [1.54, 1.807) is 19.2 Å². The van der Waals surface area contributed by atoms with Crippen LogP contribution in [0.3, 0.4) is 0 Å². The Morgan fingerprint density at radius 3 is 2.38 bits per heavy atom. The number of hydrogen-bond acceptors (Lipinski definition) is 3. The lowest BCUT2D eigenvalue weighted by Gasteiger charge is -2.12. The average molecular weight is 494 g/mol. The first kappa shape index (κ1) is 23.2. The van der Waals surface area contributed by atoms with Crippen molar-refractivity contribution in [2.24, 2.45) is 4.99 Å². The van der Waals surface area contributed by atoms with Gasteiger partial charge in [-0.05, 0) is 37.0 Å². The number of aliphatic imine (C=N–C) groups is 1. The van der Waals surface area contributed by atoms with Gasteiger partial charge in [-0.2, -0.15) is 0 Å². The summed E-state index contributed by atoms with van der Waals surface area (Å²) in [6.45, 7) is 3.71. The largest absolute Gasteiger partial charge is 0.356 e. The summed E-state index contributed by atoms with van der Waals surface area (Å²) in [5.41, 5.74) is 1.01. The van der Waals surface area contributed by atoms with Gasteiger partial charge in [-0.3, -0.25) is 4.99 Å². The molecular formula is C18H31IN4O2S. The molecule has 1 aliphatic carbocycles. The van der Waals surface area contributed by atoms with E-state index in [-0.39, 0.29) is 30.0 Å². The molecule has 2 rings (SSSR count). The molecule has 6 nitrogen and oxygen atoms in total. The van der Waals surface area contributed by atoms with Crippen molar-refractivity contribution in [2.45, 2.75) is 62.9 Å². The molecule has 26 heavy (non-hydrogen) atoms. The number of nitrogens with zero attached hydrogens (tertiary/aromatic N) is 1. The highest BCUT2D eigenvalue weighted by Crippen LogP contribution is 2.22. The van der Waals surface area contributed by atoms with Crippen molar-refractivity contribution in [2.75, 3.05) is 13.6 Å². The second kappa shape index (κ2) is 11.8. The van der Waals surface area contributed by atoms with Crippen LogP contribution in [-0.2, 0) is 16.6 Å². The molecule has 0 aromatic heterocycles. The van der Waals surface area contributed by atoms with Gasteiger partial charge in [0.25, 0.3) is 0 Å². The fraction of sp³-hybridized carbons (Fsp3) is 0.611. The molecule has 0 bridgehead atoms. The van der Waals surface area contributed by atoms with Gasteiger partial charge in [-0.25, -0.2) is 13.1 Å². The maximum Gasteiger partial charge on any atom is 0.240 e. The van der Waals surface area contributed by atoms with Crippen LogP contribution in [0.2, 0.25) is 0 Å². The second-order valence-corrected chi connectivity index (χ2v) is 8.17. The van der Waals surface area contributed by atoms with E-state index in [1.807, 2.05) is 12.1 Å². The van der Waals surface area contributed by atoms with Gasteiger partial charge in [0.2, 0.25) is 10.0 Å². The van der Waals surface area contributed by atoms with Crippen molar-refractivity contribution < 1.29 is 8.42 Å². The average Bonchev–Trinajstić information content (AvgIpc) is 3.41. The topological polar surface area (TPSA) is 82.6 Å². The Hall–Kier alpha value is -0.870. The highest BCUT2D eigenvalue weighted by atomic mass is 127. The van der Waals surface area contributed by atoms with Crippen LogP contribution < -0.4 is 15.4 Å². The number of hydrogen-bond donors (Lipinski definition) is 3. The second-order valence-electron chi connectivity index (χ2n) is 6.45. The molecular weight excluding hydrogens is 463 g/mol. The molecule has 0 radical (unpaired) electrons. The Morgan fingerprint density at radius 2 is 1.81 bits per heavy atom. The zero-order valence-corrected chi connectivity index (χ0v) is 18.8. The Labute approximate surface area is 174 Å². The summed E-state index contributed by atoms with van der Waals surface area (Å²) in [7, 11) is -1.63. The summed E-state index contributed by atoms with van der Waals surface area (Å²) < 4.78 is 27.0. The molecule has 148 valence electrons. The van der Waals surface area contributed by atoms with Gasteiger partial charge in [0.15, 0.2) is 5.96 Å². The van der Waals surface area contributed by atoms with Gasteiger partial charge in [0, 0.05) is 26.2 Å². The fourth-order valence-electron chi connectivity index (χ4n) is 2.44. The minimum atomic E-state index is -3.38. The van der Waals surface area contributed by atoms with Crippen molar-refractivity contribution in [3.05, 3.63) is 29.8 Å². The van der Waals surface area contributed by atoms with Crippen LogP contribution in [0.5, 0.6) is 0 Å². The summed E-state index contributed by atoms with van der Waals surface area (Å²) >= 11 is 0. The minimum Gasteiger partial charge on any atom is -0.356 e. The zero-order valence-electron chi connectivity index (χ0n) is 15.6. The summed E-state index contributed by atoms with van der Waals surface area (Å²) in [5, 5.41) is 6.55. The molecule has 1 saturated carbocycles. The van der Waals surface area contributed by atoms with Gasteiger partial charge in [0.05, 0.1) is 4.90 Å². The van der Waals surface area contributed by atoms with Crippen LogP contribution in [0.25, 0.3) is 0 Å². The number of halogens is 1. The van der Waals surface area contributed by atoms with E-state index in [0.717, 1.165) is 37.3 Å². The number of unbranched alkanes of at least 4 members (excludes halogenated alkanes) is 3. The smallest absolute Gasteiger partial charge is 0.240 e. The van der Waals surface area contributed by atoms with Crippen molar-refractivity contribution >= 4 is 40.0 Å². The maximum atomic E-state index is 12.1. The quantitative estimate of drug-likeness (QED) is 0.202. The van der Waals surface area contributed by atoms with Crippen LogP contribution in [0, 0.1) is 0 Å². The maximum absolute atomic E-state index is 12.1. The lowest BCUT2D eigenvalue weighted by molar-refractivity contribution is 0.581. The number of nitrogens with one attached hydrogen (secondary N) is 3. The van der Waals surface area contributed by atoms with Gasteiger partial charge < -0.3 is 10.6 Å². The zero-order chi connectivity index (χ0) is 18.1. The minimum absolute atomic E-state index is 0. The molecule has 8 heteroatoms. The highest BCUT2D eigenvalue weighted by Gasteiger charge is 2.27. The highest BCUT2D eigenvalue weighted by molar-refractivity contribution is 14.0. The van der Waals surface area contributed by atoms with E-state index < -0.39 is 10.0 Å². The van der Waals surface area contributed by atoms with Crippen LogP contribution >= 0.6 is 24.0 Å². The van der Waals surface area contributed by atoms with Crippen LogP contribution in [-0.4, -0.2) is 34.0 Å². The summed E-state index contributed by atoms with van der Waals surface area (Å²) in [4.78, 5) is 4.53. The number of sulfonamides is 1. The Morgan fingerprint density at radius 1 is 1.12 bits per heavy atom. The molecule has 3 N–H and O–H groups in total. The summed E-state index contributed by atoms with van der Waals surface area (Å²) in [6, 6.07) is 7.11. The Bertz CT molecular complexity index is 658. The Kier molecular flexibility index (Phi) is 10.5. The van der Waals surface area contributed by atoms with E-state index in [0.29, 0.717) is 11.4 Å². The third-order valence-corrected chi connectivity index (χ3v) is 5.68. The molecule has 0 spiro atoms. The van der Waals surface area contributed by atoms with Gasteiger partial charge >= 0.3 is 0 Å². The third kappa shape index (κ3) is 8.22. The van der Waals surface area contributed by atoms with E-state index in [1.165, 1.54) is 19.3 Å². The van der Waals surface area contributed by atoms with E-state index in [2.05, 4.69) is 27.3 Å². The molecule has 1 aromatic rings. The van der Waals surface area contributed by atoms with Crippen LogP contribution in [0.15, 0.2) is 34.2 Å². The first-order valence-electron chi connectivity index (χ1n) is 9.11. The van der Waals surface area contributed by atoms with Crippen molar-refractivity contribution in [1.29, 1.82) is 0 Å². The van der Waals surface area contributed by atoms with Crippen LogP contribution in [0.4, 0.5) is 0 Å². The van der Waals surface area contributed by atoms with Gasteiger partial charge in [0.1, 0.15) is 0 Å². The number of benzene rings is 1. The van der Waals surface area contributed by atoms with Crippen molar-refractivity contribution in [3.8, 4) is 0 Å². The first-order chi connectivity index (χ1) is 12.0. The van der Waals surface area contributed by atoms with Crippen molar-refractivity contribution in [3.63, 3.8) is 0 Å². The summed E-state index contributed by atoms with van der Waals surface area (Å²) in [5.74, 6) is 0.767. The lowest BCUT2D eigenvalue weighted by atomic mass is 10.2. The number of rotatable bonds is 10. The molecule has 0 heterocycles. The SMILES string of the molecule is CCCCCCNC(=NC)NCc1ccc(S(=O)(=O)NC2CC2)cc1.I. The predicted octanol–water partition coefficient (Wildman–Crippen LogP) is 2.99. The van der Waals surface area contributed by atoms with E-state index in [4.69, 9.17) is 0 Å². The van der Waals surface area contributed by atoms with E-state index in [9.17, 15) is 8.42 Å². The third-order valence-electron chi connectivity index (χ3n) is 4.14. The van der Waals surface area contributed by atoms with E-state index >= 15 is 0 Å². The van der Waals surface area contributed by atoms with Gasteiger partial charge in [-0.15, -0.1) is 24.0 Å². The molecule has 0 saturated heterocycles. The molecule has 0 amide bonds. The van der Waals surface area contributed by atoms with Gasteiger partial charge in [-0.1, -0.05) is 38.3 Å². The Balaban J connectivity index is 0.00000338. The first-order valence-corrected chi connectivity index (χ1v) is 10.6. The summed E-state index contributed by atoms with van der Waals surface area (Å²) in [6.07, 6.45) is 6.73. The molecule has 1 fully saturated rings. The van der Waals surface area contributed by atoms with Crippen LogP contribution in [0.1, 0.15) is 51.0 Å². The molecule has 0 atom stereocenters. The molecule has 0 aliphatic heterocycles.